The van der Waals surface area contributed by atoms with Gasteiger partial charge in [-0.2, -0.15) is 0 Å². The van der Waals surface area contributed by atoms with Gasteiger partial charge in [0.05, 0.1) is 11.3 Å². The van der Waals surface area contributed by atoms with Crippen LogP contribution in [0.5, 0.6) is 0 Å². The van der Waals surface area contributed by atoms with Crippen molar-refractivity contribution >= 4 is 11.8 Å². The molecule has 0 aromatic carbocycles. The Kier molecular flexibility index (Phi) is 7.33. The van der Waals surface area contributed by atoms with Gasteiger partial charge < -0.3 is 10.2 Å². The summed E-state index contributed by atoms with van der Waals surface area (Å²) < 4.78 is 0. The van der Waals surface area contributed by atoms with E-state index in [0.29, 0.717) is 24.6 Å². The maximum absolute atomic E-state index is 12.8. The fourth-order valence-corrected chi connectivity index (χ4v) is 3.65. The standard InChI is InChI=1S/C21H34N4O2/c1-6-25(7-2)19(26)17-13-22-14-24-18(17)16-10-8-15(9-11-16)12-23-20(27)21(3,4)5/h13-16H,6-12H2,1-5H3,(H,23,27). The predicted octanol–water partition coefficient (Wildman–Crippen LogP) is 3.39. The third-order valence-electron chi connectivity index (χ3n) is 5.49. The van der Waals surface area contributed by atoms with Crippen molar-refractivity contribution in [2.75, 3.05) is 19.6 Å². The third kappa shape index (κ3) is 5.50. The van der Waals surface area contributed by atoms with E-state index in [1.807, 2.05) is 39.5 Å². The predicted molar refractivity (Wildman–Crippen MR) is 106 cm³/mol. The minimum Gasteiger partial charge on any atom is -0.355 e. The summed E-state index contributed by atoms with van der Waals surface area (Å²) in [6.45, 7) is 11.9. The molecular weight excluding hydrogens is 340 g/mol. The van der Waals surface area contributed by atoms with Crippen LogP contribution < -0.4 is 5.32 Å². The molecule has 0 atom stereocenters. The van der Waals surface area contributed by atoms with Gasteiger partial charge in [0.15, 0.2) is 0 Å². The molecule has 1 N–H and O–H groups in total. The van der Waals surface area contributed by atoms with E-state index >= 15 is 0 Å². The first kappa shape index (κ1) is 21.3. The maximum atomic E-state index is 12.8. The van der Waals surface area contributed by atoms with Crippen LogP contribution in [-0.4, -0.2) is 46.3 Å². The molecule has 0 spiro atoms. The zero-order valence-corrected chi connectivity index (χ0v) is 17.4. The normalized spacial score (nSPS) is 20.2. The Bertz CT molecular complexity index is 642. The van der Waals surface area contributed by atoms with Crippen molar-refractivity contribution in [3.8, 4) is 0 Å². The second-order valence-electron chi connectivity index (χ2n) is 8.48. The van der Waals surface area contributed by atoms with Crippen molar-refractivity contribution in [2.45, 2.75) is 66.2 Å². The van der Waals surface area contributed by atoms with Crippen LogP contribution in [0.1, 0.15) is 82.3 Å². The molecule has 150 valence electrons. The van der Waals surface area contributed by atoms with E-state index in [0.717, 1.165) is 37.9 Å². The summed E-state index contributed by atoms with van der Waals surface area (Å²) in [5, 5.41) is 3.08. The van der Waals surface area contributed by atoms with E-state index in [-0.39, 0.29) is 23.1 Å². The first-order chi connectivity index (χ1) is 12.8. The average Bonchev–Trinajstić information content (AvgIpc) is 2.66. The Balaban J connectivity index is 1.98. The zero-order chi connectivity index (χ0) is 20.0. The molecule has 2 rings (SSSR count). The van der Waals surface area contributed by atoms with Gasteiger partial charge in [-0.3, -0.25) is 9.59 Å². The molecule has 1 heterocycles. The lowest BCUT2D eigenvalue weighted by molar-refractivity contribution is -0.128. The molecule has 6 nitrogen and oxygen atoms in total. The molecule has 0 unspecified atom stereocenters. The zero-order valence-electron chi connectivity index (χ0n) is 17.4. The lowest BCUT2D eigenvalue weighted by Crippen LogP contribution is -2.38. The molecule has 27 heavy (non-hydrogen) atoms. The highest BCUT2D eigenvalue weighted by atomic mass is 16.2. The number of hydrogen-bond acceptors (Lipinski definition) is 4. The smallest absolute Gasteiger partial charge is 0.257 e. The maximum Gasteiger partial charge on any atom is 0.257 e. The number of nitrogens with zero attached hydrogens (tertiary/aromatic N) is 3. The molecule has 1 aromatic heterocycles. The largest absolute Gasteiger partial charge is 0.355 e. The Morgan fingerprint density at radius 1 is 1.15 bits per heavy atom. The number of rotatable bonds is 6. The summed E-state index contributed by atoms with van der Waals surface area (Å²) in [7, 11) is 0. The SMILES string of the molecule is CCN(CC)C(=O)c1cncnc1C1CCC(CNC(=O)C(C)(C)C)CC1. The molecule has 2 amide bonds. The Morgan fingerprint density at radius 3 is 2.33 bits per heavy atom. The van der Waals surface area contributed by atoms with Crippen molar-refractivity contribution in [1.82, 2.24) is 20.2 Å². The number of aromatic nitrogens is 2. The summed E-state index contributed by atoms with van der Waals surface area (Å²) in [5.41, 5.74) is 1.18. The molecule has 1 fully saturated rings. The lowest BCUT2D eigenvalue weighted by Gasteiger charge is -2.30. The lowest BCUT2D eigenvalue weighted by atomic mass is 9.79. The monoisotopic (exact) mass is 374 g/mol. The molecule has 1 aliphatic rings. The number of carbonyl (C=O) groups is 2. The number of amides is 2. The van der Waals surface area contributed by atoms with Crippen molar-refractivity contribution in [2.24, 2.45) is 11.3 Å². The Morgan fingerprint density at radius 2 is 1.78 bits per heavy atom. The summed E-state index contributed by atoms with van der Waals surface area (Å²) in [5.74, 6) is 0.913. The van der Waals surface area contributed by atoms with Crippen LogP contribution in [0.2, 0.25) is 0 Å². The van der Waals surface area contributed by atoms with Crippen LogP contribution in [0.3, 0.4) is 0 Å². The number of hydrogen-bond donors (Lipinski definition) is 1. The molecule has 1 aromatic rings. The van der Waals surface area contributed by atoms with Crippen LogP contribution in [0.25, 0.3) is 0 Å². The topological polar surface area (TPSA) is 75.2 Å². The molecule has 0 radical (unpaired) electrons. The Hall–Kier alpha value is -1.98. The van der Waals surface area contributed by atoms with E-state index in [1.54, 1.807) is 12.5 Å². The molecule has 6 heteroatoms. The van der Waals surface area contributed by atoms with E-state index in [4.69, 9.17) is 0 Å². The van der Waals surface area contributed by atoms with Crippen molar-refractivity contribution in [3.63, 3.8) is 0 Å². The summed E-state index contributed by atoms with van der Waals surface area (Å²) in [6, 6.07) is 0. The highest BCUT2D eigenvalue weighted by molar-refractivity contribution is 5.95. The Labute approximate surface area is 163 Å². The van der Waals surface area contributed by atoms with Gasteiger partial charge in [0.25, 0.3) is 5.91 Å². The first-order valence-electron chi connectivity index (χ1n) is 10.1. The van der Waals surface area contributed by atoms with Crippen LogP contribution in [-0.2, 0) is 4.79 Å². The van der Waals surface area contributed by atoms with Crippen LogP contribution >= 0.6 is 0 Å². The van der Waals surface area contributed by atoms with Gasteiger partial charge in [0, 0.05) is 37.2 Å². The second kappa shape index (κ2) is 9.29. The average molecular weight is 375 g/mol. The van der Waals surface area contributed by atoms with Crippen molar-refractivity contribution in [3.05, 3.63) is 23.8 Å². The minimum absolute atomic E-state index is 0.0233. The molecule has 0 saturated heterocycles. The highest BCUT2D eigenvalue weighted by Gasteiger charge is 2.29. The summed E-state index contributed by atoms with van der Waals surface area (Å²) >= 11 is 0. The van der Waals surface area contributed by atoms with Gasteiger partial charge >= 0.3 is 0 Å². The van der Waals surface area contributed by atoms with Crippen LogP contribution in [0.4, 0.5) is 0 Å². The van der Waals surface area contributed by atoms with E-state index < -0.39 is 0 Å². The van der Waals surface area contributed by atoms with Gasteiger partial charge in [-0.15, -0.1) is 0 Å². The molecule has 0 bridgehead atoms. The molecule has 1 saturated carbocycles. The van der Waals surface area contributed by atoms with Gasteiger partial charge in [0.1, 0.15) is 6.33 Å². The van der Waals surface area contributed by atoms with Crippen molar-refractivity contribution in [1.29, 1.82) is 0 Å². The van der Waals surface area contributed by atoms with Crippen molar-refractivity contribution < 1.29 is 9.59 Å². The highest BCUT2D eigenvalue weighted by Crippen LogP contribution is 2.36. The number of nitrogens with one attached hydrogen (secondary N) is 1. The fourth-order valence-electron chi connectivity index (χ4n) is 3.65. The van der Waals surface area contributed by atoms with Crippen LogP contribution in [0, 0.1) is 11.3 Å². The molecular formula is C21H34N4O2. The van der Waals surface area contributed by atoms with E-state index in [1.165, 1.54) is 0 Å². The second-order valence-corrected chi connectivity index (χ2v) is 8.48. The summed E-state index contributed by atoms with van der Waals surface area (Å²) in [6.07, 6.45) is 7.27. The van der Waals surface area contributed by atoms with Gasteiger partial charge in [-0.1, -0.05) is 20.8 Å². The minimum atomic E-state index is -0.349. The number of carbonyl (C=O) groups excluding carboxylic acids is 2. The molecule has 1 aliphatic carbocycles. The summed E-state index contributed by atoms with van der Waals surface area (Å²) in [4.78, 5) is 35.3. The third-order valence-corrected chi connectivity index (χ3v) is 5.49. The molecule has 0 aliphatic heterocycles. The van der Waals surface area contributed by atoms with Gasteiger partial charge in [0.2, 0.25) is 5.91 Å². The van der Waals surface area contributed by atoms with E-state index in [9.17, 15) is 9.59 Å². The quantitative estimate of drug-likeness (QED) is 0.828. The fraction of sp³-hybridized carbons (Fsp3) is 0.714. The van der Waals surface area contributed by atoms with Gasteiger partial charge in [-0.05, 0) is 45.4 Å². The van der Waals surface area contributed by atoms with Gasteiger partial charge in [-0.25, -0.2) is 9.97 Å². The van der Waals surface area contributed by atoms with E-state index in [2.05, 4.69) is 15.3 Å². The van der Waals surface area contributed by atoms with Crippen LogP contribution in [0.15, 0.2) is 12.5 Å². The first-order valence-corrected chi connectivity index (χ1v) is 10.1.